The van der Waals surface area contributed by atoms with Gasteiger partial charge in [-0.1, -0.05) is 20.8 Å². The summed E-state index contributed by atoms with van der Waals surface area (Å²) in [5.41, 5.74) is 0.779. The number of hydrogen-bond donors (Lipinski definition) is 0. The first-order valence-corrected chi connectivity index (χ1v) is 4.78. The summed E-state index contributed by atoms with van der Waals surface area (Å²) >= 11 is 0. The maximum Gasteiger partial charge on any atom is 0.173 e. The van der Waals surface area contributed by atoms with Gasteiger partial charge in [0.1, 0.15) is 6.72 Å². The average Bonchev–Trinajstić information content (AvgIpc) is 2.73. The molecule has 0 saturated heterocycles. The van der Waals surface area contributed by atoms with E-state index in [0.717, 1.165) is 0 Å². The molecule has 1 fully saturated rings. The molecule has 0 spiro atoms. The van der Waals surface area contributed by atoms with Crippen molar-refractivity contribution in [3.05, 3.63) is 12.8 Å². The molecule has 1 nitrogen and oxygen atoms in total. The Kier molecular flexibility index (Phi) is 2.15. The summed E-state index contributed by atoms with van der Waals surface area (Å²) in [7, 11) is 0. The van der Waals surface area contributed by atoms with Crippen LogP contribution in [-0.4, -0.2) is 16.8 Å². The van der Waals surface area contributed by atoms with Crippen molar-refractivity contribution in [1.82, 2.24) is 0 Å². The molecule has 0 aliphatic heterocycles. The zero-order valence-corrected chi connectivity index (χ0v) is 8.56. The molecule has 0 amide bonds. The molecule has 12 heavy (non-hydrogen) atoms. The lowest BCUT2D eigenvalue weighted by Gasteiger charge is -2.15. The lowest BCUT2D eigenvalue weighted by atomic mass is 9.96. The molecule has 0 N–H and O–H groups in total. The Morgan fingerprint density at radius 2 is 2.00 bits per heavy atom. The lowest BCUT2D eigenvalue weighted by molar-refractivity contribution is -0.518. The molecule has 0 aromatic heterocycles. The van der Waals surface area contributed by atoms with Crippen LogP contribution in [0.4, 0.5) is 0 Å². The molecule has 1 heteroatoms. The summed E-state index contributed by atoms with van der Waals surface area (Å²) in [6, 6.07) is 0. The Hall–Kier alpha value is -0.590. The van der Waals surface area contributed by atoms with E-state index in [1.54, 1.807) is 0 Å². The van der Waals surface area contributed by atoms with Gasteiger partial charge in [0.05, 0.1) is 0 Å². The first kappa shape index (κ1) is 9.50. The normalized spacial score (nSPS) is 39.2. The molecule has 1 rings (SSSR count). The Morgan fingerprint density at radius 3 is 2.25 bits per heavy atom. The van der Waals surface area contributed by atoms with Gasteiger partial charge in [-0.05, 0) is 13.0 Å². The Balaban J connectivity index is 2.84. The Labute approximate surface area is 75.8 Å². The van der Waals surface area contributed by atoms with Gasteiger partial charge in [0.25, 0.3) is 0 Å². The summed E-state index contributed by atoms with van der Waals surface area (Å²) < 4.78 is 2.05. The van der Waals surface area contributed by atoms with E-state index in [2.05, 4.69) is 38.6 Å². The van der Waals surface area contributed by atoms with Crippen LogP contribution >= 0.6 is 0 Å². The van der Waals surface area contributed by atoms with Gasteiger partial charge >= 0.3 is 0 Å². The zero-order chi connectivity index (χ0) is 9.41. The number of rotatable bonds is 4. The molecule has 2 unspecified atom stereocenters. The predicted octanol–water partition coefficient (Wildman–Crippen LogP) is 2.81. The van der Waals surface area contributed by atoms with Gasteiger partial charge in [-0.25, -0.2) is 4.58 Å². The third kappa shape index (κ3) is 0.954. The third-order valence-electron chi connectivity index (χ3n) is 3.82. The quantitative estimate of drug-likeness (QED) is 0.446. The first-order valence-electron chi connectivity index (χ1n) is 4.78. The van der Waals surface area contributed by atoms with Crippen molar-refractivity contribution >= 4 is 6.72 Å². The fourth-order valence-corrected chi connectivity index (χ4v) is 2.43. The van der Waals surface area contributed by atoms with E-state index in [1.807, 2.05) is 6.20 Å². The van der Waals surface area contributed by atoms with E-state index < -0.39 is 0 Å². The fraction of sp³-hybridized carbons (Fsp3) is 0.727. The monoisotopic (exact) mass is 166 g/mol. The highest BCUT2D eigenvalue weighted by Crippen LogP contribution is 2.62. The van der Waals surface area contributed by atoms with Crippen molar-refractivity contribution in [2.75, 3.05) is 0 Å². The maximum atomic E-state index is 4.02. The van der Waals surface area contributed by atoms with Crippen LogP contribution in [0.1, 0.15) is 40.0 Å². The molecule has 68 valence electrons. The zero-order valence-electron chi connectivity index (χ0n) is 8.56. The molecule has 0 bridgehead atoms. The fourth-order valence-electron chi connectivity index (χ4n) is 2.43. The van der Waals surface area contributed by atoms with Crippen LogP contribution in [0.15, 0.2) is 12.8 Å². The standard InChI is InChI=1S/C11H20N/c1-6-10(4)9-11(10,7-2)12(5)8-3/h8H,3,5-7,9H2,1-2,4H3/q+1. The van der Waals surface area contributed by atoms with Crippen molar-refractivity contribution in [3.63, 3.8) is 0 Å². The van der Waals surface area contributed by atoms with Crippen molar-refractivity contribution in [3.8, 4) is 0 Å². The molecule has 0 aromatic rings. The van der Waals surface area contributed by atoms with Gasteiger partial charge < -0.3 is 0 Å². The summed E-state index contributed by atoms with van der Waals surface area (Å²) in [6.07, 6.45) is 5.53. The summed E-state index contributed by atoms with van der Waals surface area (Å²) in [5, 5.41) is 0. The van der Waals surface area contributed by atoms with Gasteiger partial charge in [0.15, 0.2) is 11.7 Å². The van der Waals surface area contributed by atoms with Gasteiger partial charge in [-0.3, -0.25) is 0 Å². The van der Waals surface area contributed by atoms with E-state index in [9.17, 15) is 0 Å². The summed E-state index contributed by atoms with van der Waals surface area (Å²) in [6.45, 7) is 14.6. The van der Waals surface area contributed by atoms with Gasteiger partial charge in [-0.2, -0.15) is 0 Å². The van der Waals surface area contributed by atoms with E-state index in [-0.39, 0.29) is 0 Å². The lowest BCUT2D eigenvalue weighted by Crippen LogP contribution is -2.28. The highest BCUT2D eigenvalue weighted by atomic mass is 15.1. The minimum atomic E-state index is 0.309. The second-order valence-electron chi connectivity index (χ2n) is 4.13. The molecule has 0 aromatic carbocycles. The second kappa shape index (κ2) is 2.72. The van der Waals surface area contributed by atoms with Gasteiger partial charge in [0, 0.05) is 18.3 Å². The summed E-state index contributed by atoms with van der Waals surface area (Å²) in [4.78, 5) is 0. The highest BCUT2D eigenvalue weighted by molar-refractivity contribution is 5.22. The van der Waals surface area contributed by atoms with E-state index in [4.69, 9.17) is 0 Å². The number of hydrogen-bond acceptors (Lipinski definition) is 0. The number of nitrogens with zero attached hydrogens (tertiary/aromatic N) is 1. The molecule has 0 heterocycles. The van der Waals surface area contributed by atoms with Crippen LogP contribution in [0, 0.1) is 5.41 Å². The Morgan fingerprint density at radius 1 is 1.42 bits per heavy atom. The average molecular weight is 166 g/mol. The van der Waals surface area contributed by atoms with Crippen LogP contribution in [0.3, 0.4) is 0 Å². The molecule has 1 saturated carbocycles. The van der Waals surface area contributed by atoms with E-state index >= 15 is 0 Å². The molecule has 2 atom stereocenters. The second-order valence-corrected chi connectivity index (χ2v) is 4.13. The van der Waals surface area contributed by atoms with Crippen molar-refractivity contribution < 1.29 is 4.58 Å². The topological polar surface area (TPSA) is 3.01 Å². The Bertz CT molecular complexity index is 219. The molecule has 0 radical (unpaired) electrons. The van der Waals surface area contributed by atoms with Crippen molar-refractivity contribution in [2.24, 2.45) is 5.41 Å². The largest absolute Gasteiger partial charge is 0.206 e. The van der Waals surface area contributed by atoms with Crippen LogP contribution in [0.25, 0.3) is 0 Å². The molecular formula is C11H20N+. The maximum absolute atomic E-state index is 4.02. The van der Waals surface area contributed by atoms with Crippen molar-refractivity contribution in [2.45, 2.75) is 45.6 Å². The molecule has 1 aliphatic carbocycles. The SMILES string of the molecule is C=C[N+](=C)C1(CC)CC1(C)CC. The van der Waals surface area contributed by atoms with Crippen LogP contribution < -0.4 is 0 Å². The summed E-state index contributed by atoms with van der Waals surface area (Å²) in [5.74, 6) is 0. The van der Waals surface area contributed by atoms with Gasteiger partial charge in [0.2, 0.25) is 0 Å². The minimum Gasteiger partial charge on any atom is -0.206 e. The minimum absolute atomic E-state index is 0.309. The molecular weight excluding hydrogens is 146 g/mol. The van der Waals surface area contributed by atoms with Crippen LogP contribution in [-0.2, 0) is 0 Å². The molecule has 1 aliphatic rings. The van der Waals surface area contributed by atoms with Crippen LogP contribution in [0.2, 0.25) is 0 Å². The highest BCUT2D eigenvalue weighted by Gasteiger charge is 2.69. The third-order valence-corrected chi connectivity index (χ3v) is 3.82. The van der Waals surface area contributed by atoms with Crippen molar-refractivity contribution in [1.29, 1.82) is 0 Å². The van der Waals surface area contributed by atoms with E-state index in [1.165, 1.54) is 19.3 Å². The van der Waals surface area contributed by atoms with Crippen LogP contribution in [0.5, 0.6) is 0 Å². The first-order chi connectivity index (χ1) is 5.56. The smallest absolute Gasteiger partial charge is 0.173 e. The van der Waals surface area contributed by atoms with E-state index in [0.29, 0.717) is 11.0 Å². The predicted molar refractivity (Wildman–Crippen MR) is 53.6 cm³/mol. The van der Waals surface area contributed by atoms with Gasteiger partial charge in [-0.15, -0.1) is 0 Å².